The minimum atomic E-state index is -1.67. The van der Waals surface area contributed by atoms with Crippen LogP contribution in [-0.2, 0) is 0 Å². The fourth-order valence-electron chi connectivity index (χ4n) is 2.85. The molecular weight excluding hydrogens is 306 g/mol. The number of aryl methyl sites for hydroxylation is 1. The number of nitro benzene ring substituents is 1. The van der Waals surface area contributed by atoms with Crippen LogP contribution in [0.1, 0.15) is 5.56 Å². The van der Waals surface area contributed by atoms with Gasteiger partial charge in [-0.25, -0.2) is 4.98 Å². The maximum Gasteiger partial charge on any atom is 0.272 e. The van der Waals surface area contributed by atoms with Gasteiger partial charge in [0.1, 0.15) is 5.65 Å². The fraction of sp³-hybridized carbons (Fsp3) is 0.235. The summed E-state index contributed by atoms with van der Waals surface area (Å²) in [6, 6.07) is 9.37. The van der Waals surface area contributed by atoms with Gasteiger partial charge in [0.25, 0.3) is 5.69 Å². The molecule has 3 rings (SSSR count). The summed E-state index contributed by atoms with van der Waals surface area (Å²) in [7, 11) is -1.67. The molecule has 2 heterocycles. The molecule has 0 radical (unpaired) electrons. The third-order valence-corrected chi connectivity index (χ3v) is 5.89. The second-order valence-electron chi connectivity index (χ2n) is 6.78. The first-order valence-electron chi connectivity index (χ1n) is 7.51. The number of hydrogen-bond acceptors (Lipinski definition) is 3. The molecule has 3 aromatic rings. The summed E-state index contributed by atoms with van der Waals surface area (Å²) >= 11 is 0. The Morgan fingerprint density at radius 2 is 1.96 bits per heavy atom. The minimum absolute atomic E-state index is 0.155. The SMILES string of the molecule is Cc1ccc(-c2c([Si](C)(C)C)[nH]c3ncccc23)cc1[N+](=O)[O-]. The number of pyridine rings is 1. The highest BCUT2D eigenvalue weighted by atomic mass is 28.3. The number of nitrogens with zero attached hydrogens (tertiary/aromatic N) is 2. The predicted octanol–water partition coefficient (Wildman–Crippen LogP) is 3.99. The van der Waals surface area contributed by atoms with Gasteiger partial charge < -0.3 is 4.98 Å². The quantitative estimate of drug-likeness (QED) is 0.449. The van der Waals surface area contributed by atoms with Crippen LogP contribution in [-0.4, -0.2) is 23.0 Å². The number of benzene rings is 1. The van der Waals surface area contributed by atoms with Crippen molar-refractivity contribution in [1.82, 2.24) is 9.97 Å². The molecule has 0 saturated heterocycles. The van der Waals surface area contributed by atoms with E-state index in [0.29, 0.717) is 5.56 Å². The molecule has 0 fully saturated rings. The number of hydrogen-bond donors (Lipinski definition) is 1. The highest BCUT2D eigenvalue weighted by Gasteiger charge is 2.26. The van der Waals surface area contributed by atoms with E-state index in [1.165, 1.54) is 5.32 Å². The van der Waals surface area contributed by atoms with Crippen molar-refractivity contribution in [2.75, 3.05) is 0 Å². The van der Waals surface area contributed by atoms with E-state index in [-0.39, 0.29) is 10.6 Å². The van der Waals surface area contributed by atoms with Crippen molar-refractivity contribution in [3.8, 4) is 11.1 Å². The molecule has 0 amide bonds. The smallest absolute Gasteiger partial charge is 0.272 e. The monoisotopic (exact) mass is 325 g/mol. The molecule has 0 saturated carbocycles. The fourth-order valence-corrected chi connectivity index (χ4v) is 4.37. The van der Waals surface area contributed by atoms with Gasteiger partial charge in [-0.05, 0) is 24.6 Å². The molecule has 0 aliphatic heterocycles. The highest BCUT2D eigenvalue weighted by molar-refractivity contribution is 6.89. The number of rotatable bonds is 3. The van der Waals surface area contributed by atoms with Gasteiger partial charge in [0, 0.05) is 34.1 Å². The van der Waals surface area contributed by atoms with Crippen LogP contribution in [0, 0.1) is 17.0 Å². The molecule has 6 heteroatoms. The van der Waals surface area contributed by atoms with Gasteiger partial charge in [-0.3, -0.25) is 10.1 Å². The van der Waals surface area contributed by atoms with Gasteiger partial charge in [-0.1, -0.05) is 31.8 Å². The van der Waals surface area contributed by atoms with E-state index in [1.54, 1.807) is 19.2 Å². The lowest BCUT2D eigenvalue weighted by atomic mass is 10.0. The molecule has 0 aliphatic carbocycles. The number of aromatic amines is 1. The first-order valence-corrected chi connectivity index (χ1v) is 11.0. The summed E-state index contributed by atoms with van der Waals surface area (Å²) in [5.41, 5.74) is 3.59. The number of fused-ring (bicyclic) bond motifs is 1. The zero-order chi connectivity index (χ0) is 16.8. The number of H-pyrrole nitrogens is 1. The van der Waals surface area contributed by atoms with E-state index in [2.05, 4.69) is 29.6 Å². The topological polar surface area (TPSA) is 71.8 Å². The van der Waals surface area contributed by atoms with Crippen LogP contribution < -0.4 is 5.32 Å². The van der Waals surface area contributed by atoms with Crippen molar-refractivity contribution in [2.45, 2.75) is 26.6 Å². The van der Waals surface area contributed by atoms with E-state index in [1.807, 2.05) is 24.3 Å². The van der Waals surface area contributed by atoms with Crippen LogP contribution in [0.15, 0.2) is 36.5 Å². The van der Waals surface area contributed by atoms with Crippen molar-refractivity contribution in [1.29, 1.82) is 0 Å². The van der Waals surface area contributed by atoms with Crippen molar-refractivity contribution in [3.63, 3.8) is 0 Å². The summed E-state index contributed by atoms with van der Waals surface area (Å²) in [5, 5.41) is 13.5. The Bertz CT molecular complexity index is 910. The minimum Gasteiger partial charge on any atom is -0.347 e. The molecule has 0 unspecified atom stereocenters. The van der Waals surface area contributed by atoms with Crippen molar-refractivity contribution < 1.29 is 4.92 Å². The molecule has 118 valence electrons. The lowest BCUT2D eigenvalue weighted by molar-refractivity contribution is -0.385. The summed E-state index contributed by atoms with van der Waals surface area (Å²) in [6.45, 7) is 8.52. The number of nitro groups is 1. The highest BCUT2D eigenvalue weighted by Crippen LogP contribution is 2.32. The third kappa shape index (κ3) is 2.66. The zero-order valence-corrected chi connectivity index (χ0v) is 14.7. The first-order chi connectivity index (χ1) is 10.8. The van der Waals surface area contributed by atoms with Gasteiger partial charge in [-0.2, -0.15) is 0 Å². The molecule has 0 spiro atoms. The first kappa shape index (κ1) is 15.4. The third-order valence-electron chi connectivity index (χ3n) is 4.01. The summed E-state index contributed by atoms with van der Waals surface area (Å²) in [4.78, 5) is 18.8. The van der Waals surface area contributed by atoms with Crippen LogP contribution in [0.2, 0.25) is 19.6 Å². The van der Waals surface area contributed by atoms with E-state index < -0.39 is 8.07 Å². The molecule has 23 heavy (non-hydrogen) atoms. The van der Waals surface area contributed by atoms with Crippen molar-refractivity contribution >= 4 is 30.1 Å². The Kier molecular flexibility index (Phi) is 3.56. The molecular formula is C17H19N3O2Si. The largest absolute Gasteiger partial charge is 0.347 e. The van der Waals surface area contributed by atoms with Gasteiger partial charge in [-0.15, -0.1) is 0 Å². The molecule has 1 aromatic carbocycles. The Morgan fingerprint density at radius 3 is 2.61 bits per heavy atom. The predicted molar refractivity (Wildman–Crippen MR) is 95.9 cm³/mol. The Labute approximate surface area is 135 Å². The summed E-state index contributed by atoms with van der Waals surface area (Å²) in [6.07, 6.45) is 1.76. The normalized spacial score (nSPS) is 11.8. The van der Waals surface area contributed by atoms with Gasteiger partial charge in [0.05, 0.1) is 13.0 Å². The molecule has 5 nitrogen and oxygen atoms in total. The summed E-state index contributed by atoms with van der Waals surface area (Å²) < 4.78 is 0. The van der Waals surface area contributed by atoms with Gasteiger partial charge >= 0.3 is 0 Å². The molecule has 0 bridgehead atoms. The molecule has 0 atom stereocenters. The lowest BCUT2D eigenvalue weighted by Crippen LogP contribution is -2.39. The molecule has 0 aliphatic rings. The Balaban J connectivity index is 2.35. The maximum absolute atomic E-state index is 11.3. The van der Waals surface area contributed by atoms with Crippen LogP contribution in [0.3, 0.4) is 0 Å². The van der Waals surface area contributed by atoms with Gasteiger partial charge in [0.15, 0.2) is 0 Å². The summed E-state index contributed by atoms with van der Waals surface area (Å²) in [5.74, 6) is 0. The van der Waals surface area contributed by atoms with Crippen LogP contribution in [0.4, 0.5) is 5.69 Å². The number of nitrogens with one attached hydrogen (secondary N) is 1. The van der Waals surface area contributed by atoms with Crippen LogP contribution in [0.25, 0.3) is 22.2 Å². The lowest BCUT2D eigenvalue weighted by Gasteiger charge is -2.17. The maximum atomic E-state index is 11.3. The average molecular weight is 325 g/mol. The second-order valence-corrected chi connectivity index (χ2v) is 11.8. The second kappa shape index (κ2) is 5.31. The van der Waals surface area contributed by atoms with Crippen LogP contribution in [0.5, 0.6) is 0 Å². The zero-order valence-electron chi connectivity index (χ0n) is 13.7. The molecule has 2 aromatic heterocycles. The van der Waals surface area contributed by atoms with Crippen molar-refractivity contribution in [3.05, 3.63) is 52.2 Å². The van der Waals surface area contributed by atoms with Gasteiger partial charge in [0.2, 0.25) is 0 Å². The molecule has 1 N–H and O–H groups in total. The van der Waals surface area contributed by atoms with E-state index >= 15 is 0 Å². The Hall–Kier alpha value is -2.47. The average Bonchev–Trinajstić information content (AvgIpc) is 2.87. The van der Waals surface area contributed by atoms with Crippen molar-refractivity contribution in [2.24, 2.45) is 0 Å². The van der Waals surface area contributed by atoms with E-state index in [9.17, 15) is 10.1 Å². The standard InChI is InChI=1S/C17H19N3O2Si/c1-11-7-8-12(10-14(11)20(21)22)15-13-6-5-9-18-16(13)19-17(15)23(2,3)4/h5-10H,1-4H3,(H,18,19). The van der Waals surface area contributed by atoms with Crippen LogP contribution >= 0.6 is 0 Å². The Morgan fingerprint density at radius 1 is 1.22 bits per heavy atom. The van der Waals surface area contributed by atoms with E-state index in [0.717, 1.165) is 22.2 Å². The van der Waals surface area contributed by atoms with E-state index in [4.69, 9.17) is 0 Å². The number of aromatic nitrogens is 2.